The van der Waals surface area contributed by atoms with Gasteiger partial charge in [0.05, 0.1) is 6.10 Å². The molecule has 1 aromatic carbocycles. The summed E-state index contributed by atoms with van der Waals surface area (Å²) in [4.78, 5) is 14.1. The van der Waals surface area contributed by atoms with E-state index in [1.54, 1.807) is 6.07 Å². The zero-order valence-corrected chi connectivity index (χ0v) is 14.0. The van der Waals surface area contributed by atoms with Crippen LogP contribution in [0.25, 0.3) is 0 Å². The standard InChI is InChI=1S/C15H15BrFN3O3/c1-2-13-18-19-14(23-13)12-6-11(21)7-20(12)15(22)8-3-9(16)5-10(17)4-8/h3-5,11-12,21H,2,6-7H2,1H3/t11-,12-/m1/s1. The van der Waals surface area contributed by atoms with Crippen molar-refractivity contribution in [3.05, 3.63) is 45.8 Å². The van der Waals surface area contributed by atoms with E-state index in [0.29, 0.717) is 29.1 Å². The minimum Gasteiger partial charge on any atom is -0.423 e. The Kier molecular flexibility index (Phi) is 4.45. The van der Waals surface area contributed by atoms with Crippen LogP contribution in [0.3, 0.4) is 0 Å². The van der Waals surface area contributed by atoms with Gasteiger partial charge in [0, 0.05) is 29.4 Å². The summed E-state index contributed by atoms with van der Waals surface area (Å²) in [6.07, 6.45) is 0.221. The minimum absolute atomic E-state index is 0.140. The second kappa shape index (κ2) is 6.37. The van der Waals surface area contributed by atoms with Gasteiger partial charge in [0.25, 0.3) is 5.91 Å². The Hall–Kier alpha value is -1.80. The number of carbonyl (C=O) groups excluding carboxylic acids is 1. The van der Waals surface area contributed by atoms with Crippen LogP contribution in [0.15, 0.2) is 27.1 Å². The van der Waals surface area contributed by atoms with Gasteiger partial charge >= 0.3 is 0 Å². The van der Waals surface area contributed by atoms with Crippen molar-refractivity contribution >= 4 is 21.8 Å². The summed E-state index contributed by atoms with van der Waals surface area (Å²) in [7, 11) is 0. The fraction of sp³-hybridized carbons (Fsp3) is 0.400. The molecule has 2 aromatic rings. The van der Waals surface area contributed by atoms with Crippen molar-refractivity contribution in [3.63, 3.8) is 0 Å². The van der Waals surface area contributed by atoms with Crippen LogP contribution in [0.2, 0.25) is 0 Å². The molecule has 1 aliphatic rings. The second-order valence-corrected chi connectivity index (χ2v) is 6.32. The fourth-order valence-corrected chi connectivity index (χ4v) is 3.12. The molecular weight excluding hydrogens is 369 g/mol. The largest absolute Gasteiger partial charge is 0.423 e. The first kappa shape index (κ1) is 16.1. The molecule has 0 aliphatic carbocycles. The molecule has 23 heavy (non-hydrogen) atoms. The summed E-state index contributed by atoms with van der Waals surface area (Å²) >= 11 is 3.17. The highest BCUT2D eigenvalue weighted by molar-refractivity contribution is 9.10. The molecule has 1 saturated heterocycles. The van der Waals surface area contributed by atoms with Crippen molar-refractivity contribution in [2.75, 3.05) is 6.54 Å². The quantitative estimate of drug-likeness (QED) is 0.880. The van der Waals surface area contributed by atoms with Crippen LogP contribution in [-0.4, -0.2) is 38.8 Å². The van der Waals surface area contributed by atoms with E-state index in [1.165, 1.54) is 17.0 Å². The number of hydrogen-bond acceptors (Lipinski definition) is 5. The molecule has 8 heteroatoms. The number of nitrogens with zero attached hydrogens (tertiary/aromatic N) is 3. The number of halogens is 2. The lowest BCUT2D eigenvalue weighted by molar-refractivity contribution is 0.0697. The molecule has 0 radical (unpaired) electrons. The lowest BCUT2D eigenvalue weighted by Crippen LogP contribution is -2.32. The summed E-state index contributed by atoms with van der Waals surface area (Å²) in [5.74, 6) is -0.127. The number of aryl methyl sites for hydroxylation is 1. The maximum Gasteiger partial charge on any atom is 0.254 e. The molecule has 0 saturated carbocycles. The lowest BCUT2D eigenvalue weighted by atomic mass is 10.1. The molecular formula is C15H15BrFN3O3. The van der Waals surface area contributed by atoms with Gasteiger partial charge in [0.1, 0.15) is 11.9 Å². The van der Waals surface area contributed by atoms with E-state index in [0.717, 1.165) is 0 Å². The molecule has 0 spiro atoms. The Labute approximate surface area is 140 Å². The van der Waals surface area contributed by atoms with E-state index >= 15 is 0 Å². The number of hydrogen-bond donors (Lipinski definition) is 1. The van der Waals surface area contributed by atoms with Crippen LogP contribution in [0.4, 0.5) is 4.39 Å². The number of β-amino-alcohol motifs (C(OH)–C–C–N with tert-alkyl or cyclic N) is 1. The molecule has 122 valence electrons. The molecule has 6 nitrogen and oxygen atoms in total. The molecule has 3 rings (SSSR count). The number of aromatic nitrogens is 2. The second-order valence-electron chi connectivity index (χ2n) is 5.41. The van der Waals surface area contributed by atoms with Gasteiger partial charge in [0.2, 0.25) is 11.8 Å². The van der Waals surface area contributed by atoms with Crippen LogP contribution in [-0.2, 0) is 6.42 Å². The Morgan fingerprint density at radius 3 is 2.91 bits per heavy atom. The van der Waals surface area contributed by atoms with E-state index in [1.807, 2.05) is 6.92 Å². The lowest BCUT2D eigenvalue weighted by Gasteiger charge is -2.22. The Balaban J connectivity index is 1.90. The molecule has 1 aliphatic heterocycles. The first-order valence-corrected chi connectivity index (χ1v) is 8.04. The summed E-state index contributed by atoms with van der Waals surface area (Å²) in [6.45, 7) is 2.02. The Morgan fingerprint density at radius 2 is 2.26 bits per heavy atom. The molecule has 1 fully saturated rings. The van der Waals surface area contributed by atoms with Crippen LogP contribution < -0.4 is 0 Å². The van der Waals surface area contributed by atoms with Crippen molar-refractivity contribution in [2.45, 2.75) is 31.9 Å². The van der Waals surface area contributed by atoms with Crippen molar-refractivity contribution in [1.82, 2.24) is 15.1 Å². The summed E-state index contributed by atoms with van der Waals surface area (Å²) in [5.41, 5.74) is 0.200. The third-order valence-corrected chi connectivity index (χ3v) is 4.18. The Bertz CT molecular complexity index is 716. The van der Waals surface area contributed by atoms with Gasteiger partial charge in [-0.3, -0.25) is 4.79 Å². The number of carbonyl (C=O) groups is 1. The van der Waals surface area contributed by atoms with Gasteiger partial charge < -0.3 is 14.4 Å². The third-order valence-electron chi connectivity index (χ3n) is 3.72. The highest BCUT2D eigenvalue weighted by atomic mass is 79.9. The number of amides is 1. The zero-order valence-electron chi connectivity index (χ0n) is 12.4. The van der Waals surface area contributed by atoms with E-state index in [2.05, 4.69) is 26.1 Å². The van der Waals surface area contributed by atoms with Gasteiger partial charge in [-0.15, -0.1) is 10.2 Å². The molecule has 1 aromatic heterocycles. The minimum atomic E-state index is -0.682. The van der Waals surface area contributed by atoms with Crippen LogP contribution >= 0.6 is 15.9 Å². The molecule has 2 atom stereocenters. The SMILES string of the molecule is CCc1nnc([C@H]2C[C@@H](O)CN2C(=O)c2cc(F)cc(Br)c2)o1. The number of aliphatic hydroxyl groups is 1. The average molecular weight is 384 g/mol. The van der Waals surface area contributed by atoms with Crippen molar-refractivity contribution < 1.29 is 18.7 Å². The van der Waals surface area contributed by atoms with Crippen LogP contribution in [0.1, 0.15) is 41.5 Å². The number of rotatable bonds is 3. The van der Waals surface area contributed by atoms with Gasteiger partial charge in [-0.1, -0.05) is 22.9 Å². The normalized spacial score (nSPS) is 21.0. The van der Waals surface area contributed by atoms with Crippen molar-refractivity contribution in [3.8, 4) is 0 Å². The average Bonchev–Trinajstić information content (AvgIpc) is 3.11. The molecule has 1 N–H and O–H groups in total. The van der Waals surface area contributed by atoms with Crippen molar-refractivity contribution in [1.29, 1.82) is 0 Å². The highest BCUT2D eigenvalue weighted by Gasteiger charge is 2.39. The maximum atomic E-state index is 13.5. The highest BCUT2D eigenvalue weighted by Crippen LogP contribution is 2.33. The predicted molar refractivity (Wildman–Crippen MR) is 82.2 cm³/mol. The summed E-state index contributed by atoms with van der Waals surface area (Å²) in [5, 5.41) is 17.8. The summed E-state index contributed by atoms with van der Waals surface area (Å²) in [6, 6.07) is 3.48. The first-order chi connectivity index (χ1) is 11.0. The van der Waals surface area contributed by atoms with Gasteiger partial charge in [-0.05, 0) is 18.2 Å². The Morgan fingerprint density at radius 1 is 1.48 bits per heavy atom. The molecule has 2 heterocycles. The third kappa shape index (κ3) is 3.28. The fourth-order valence-electron chi connectivity index (χ4n) is 2.66. The van der Waals surface area contributed by atoms with Crippen molar-refractivity contribution in [2.24, 2.45) is 0 Å². The van der Waals surface area contributed by atoms with Gasteiger partial charge in [0.15, 0.2) is 0 Å². The smallest absolute Gasteiger partial charge is 0.254 e. The molecule has 0 bridgehead atoms. The number of aliphatic hydroxyl groups excluding tert-OH is 1. The summed E-state index contributed by atoms with van der Waals surface area (Å²) < 4.78 is 19.5. The molecule has 0 unspecified atom stereocenters. The van der Waals surface area contributed by atoms with E-state index in [4.69, 9.17) is 4.42 Å². The van der Waals surface area contributed by atoms with Crippen LogP contribution in [0.5, 0.6) is 0 Å². The molecule has 1 amide bonds. The van der Waals surface area contributed by atoms with Crippen LogP contribution in [0, 0.1) is 5.82 Å². The number of benzene rings is 1. The van der Waals surface area contributed by atoms with E-state index < -0.39 is 18.0 Å². The predicted octanol–water partition coefficient (Wildman–Crippen LogP) is 2.48. The number of likely N-dealkylation sites (tertiary alicyclic amines) is 1. The monoisotopic (exact) mass is 383 g/mol. The van der Waals surface area contributed by atoms with Gasteiger partial charge in [-0.2, -0.15) is 0 Å². The topological polar surface area (TPSA) is 79.5 Å². The first-order valence-electron chi connectivity index (χ1n) is 7.25. The maximum absolute atomic E-state index is 13.5. The van der Waals surface area contributed by atoms with Gasteiger partial charge in [-0.25, -0.2) is 4.39 Å². The zero-order chi connectivity index (χ0) is 16.6. The van der Waals surface area contributed by atoms with E-state index in [-0.39, 0.29) is 18.0 Å². The van der Waals surface area contributed by atoms with E-state index in [9.17, 15) is 14.3 Å².